The van der Waals surface area contributed by atoms with Crippen molar-refractivity contribution in [3.05, 3.63) is 33.8 Å². The summed E-state index contributed by atoms with van der Waals surface area (Å²) in [5.41, 5.74) is 0.714. The third-order valence-electron chi connectivity index (χ3n) is 3.65. The third-order valence-corrected chi connectivity index (χ3v) is 4.39. The Kier molecular flexibility index (Phi) is 6.06. The van der Waals surface area contributed by atoms with Crippen molar-refractivity contribution in [2.24, 2.45) is 0 Å². The summed E-state index contributed by atoms with van der Waals surface area (Å²) in [5.74, 6) is -0.900. The van der Waals surface area contributed by atoms with Gasteiger partial charge in [-0.2, -0.15) is 0 Å². The lowest BCUT2D eigenvalue weighted by Gasteiger charge is -2.20. The Labute approximate surface area is 139 Å². The maximum atomic E-state index is 12.4. The number of carbonyl (C=O) groups excluding carboxylic acids is 2. The molecule has 3 amide bonds. The van der Waals surface area contributed by atoms with Crippen LogP contribution in [0.4, 0.5) is 4.79 Å². The van der Waals surface area contributed by atoms with Crippen molar-refractivity contribution in [3.63, 3.8) is 0 Å². The highest BCUT2D eigenvalue weighted by molar-refractivity contribution is 6.42. The van der Waals surface area contributed by atoms with E-state index in [0.29, 0.717) is 28.6 Å². The molecule has 1 heterocycles. The number of imide groups is 1. The van der Waals surface area contributed by atoms with Crippen molar-refractivity contribution in [1.82, 2.24) is 10.6 Å². The fraction of sp³-hybridized carbons (Fsp3) is 0.467. The predicted molar refractivity (Wildman–Crippen MR) is 85.4 cm³/mol. The Morgan fingerprint density at radius 1 is 1.36 bits per heavy atom. The van der Waals surface area contributed by atoms with Gasteiger partial charge in [0.1, 0.15) is 0 Å². The first-order valence-electron chi connectivity index (χ1n) is 7.10. The number of ether oxygens (including phenoxy) is 1. The van der Waals surface area contributed by atoms with E-state index < -0.39 is 11.9 Å². The van der Waals surface area contributed by atoms with E-state index in [1.54, 1.807) is 18.2 Å². The molecule has 5 nitrogen and oxygen atoms in total. The molecule has 22 heavy (non-hydrogen) atoms. The molecule has 2 N–H and O–H groups in total. The molecule has 2 atom stereocenters. The van der Waals surface area contributed by atoms with Gasteiger partial charge in [-0.3, -0.25) is 10.1 Å². The fourth-order valence-corrected chi connectivity index (χ4v) is 2.78. The summed E-state index contributed by atoms with van der Waals surface area (Å²) in [4.78, 5) is 23.8. The molecule has 0 aromatic heterocycles. The Bertz CT molecular complexity index is 560. The molecule has 0 bridgehead atoms. The molecule has 0 spiro atoms. The van der Waals surface area contributed by atoms with Crippen LogP contribution >= 0.6 is 23.2 Å². The van der Waals surface area contributed by atoms with Crippen molar-refractivity contribution in [3.8, 4) is 0 Å². The van der Waals surface area contributed by atoms with Crippen molar-refractivity contribution in [2.45, 2.75) is 31.3 Å². The maximum absolute atomic E-state index is 12.4. The molecular formula is C15H18Cl2N2O3. The van der Waals surface area contributed by atoms with Crippen LogP contribution in [0.5, 0.6) is 0 Å². The van der Waals surface area contributed by atoms with Crippen LogP contribution in [0.15, 0.2) is 18.2 Å². The Hall–Kier alpha value is -1.30. The third kappa shape index (κ3) is 4.35. The van der Waals surface area contributed by atoms with Crippen LogP contribution in [0.2, 0.25) is 10.0 Å². The lowest BCUT2D eigenvalue weighted by atomic mass is 9.91. The number of urea groups is 1. The average Bonchev–Trinajstić information content (AvgIpc) is 3.00. The van der Waals surface area contributed by atoms with E-state index in [0.717, 1.165) is 12.8 Å². The summed E-state index contributed by atoms with van der Waals surface area (Å²) in [5, 5.41) is 5.49. The summed E-state index contributed by atoms with van der Waals surface area (Å²) >= 11 is 12.0. The van der Waals surface area contributed by atoms with Crippen molar-refractivity contribution >= 4 is 35.1 Å². The van der Waals surface area contributed by atoms with Gasteiger partial charge in [-0.1, -0.05) is 29.3 Å². The van der Waals surface area contributed by atoms with Gasteiger partial charge < -0.3 is 10.1 Å². The van der Waals surface area contributed by atoms with Crippen LogP contribution in [0, 0.1) is 0 Å². The van der Waals surface area contributed by atoms with Crippen LogP contribution < -0.4 is 10.6 Å². The van der Waals surface area contributed by atoms with E-state index in [4.69, 9.17) is 27.9 Å². The SMILES string of the molecule is CNC(=O)NC(=O)C(CC1CCCO1)c1ccc(Cl)c(Cl)c1. The second-order valence-electron chi connectivity index (χ2n) is 5.17. The van der Waals surface area contributed by atoms with Crippen LogP contribution in [0.25, 0.3) is 0 Å². The summed E-state index contributed by atoms with van der Waals surface area (Å²) in [7, 11) is 1.46. The second kappa shape index (κ2) is 7.81. The van der Waals surface area contributed by atoms with Crippen LogP contribution in [-0.2, 0) is 9.53 Å². The molecule has 2 rings (SSSR count). The Balaban J connectivity index is 2.20. The zero-order valence-corrected chi connectivity index (χ0v) is 13.7. The van der Waals surface area contributed by atoms with E-state index in [9.17, 15) is 9.59 Å². The zero-order chi connectivity index (χ0) is 16.1. The molecule has 1 aliphatic rings. The highest BCUT2D eigenvalue weighted by Gasteiger charge is 2.28. The molecule has 1 aliphatic heterocycles. The van der Waals surface area contributed by atoms with Crippen molar-refractivity contribution in [1.29, 1.82) is 0 Å². The Morgan fingerprint density at radius 3 is 2.73 bits per heavy atom. The van der Waals surface area contributed by atoms with Gasteiger partial charge in [0.25, 0.3) is 0 Å². The molecule has 7 heteroatoms. The van der Waals surface area contributed by atoms with Crippen molar-refractivity contribution < 1.29 is 14.3 Å². The smallest absolute Gasteiger partial charge is 0.321 e. The fourth-order valence-electron chi connectivity index (χ4n) is 2.48. The summed E-state index contributed by atoms with van der Waals surface area (Å²) in [6.07, 6.45) is 2.40. The minimum atomic E-state index is -0.539. The highest BCUT2D eigenvalue weighted by Crippen LogP contribution is 2.31. The van der Waals surface area contributed by atoms with Crippen LogP contribution in [0.1, 0.15) is 30.7 Å². The number of amides is 3. The number of nitrogens with one attached hydrogen (secondary N) is 2. The maximum Gasteiger partial charge on any atom is 0.321 e. The van der Waals surface area contributed by atoms with Gasteiger partial charge in [-0.25, -0.2) is 4.79 Å². The first-order chi connectivity index (χ1) is 10.5. The molecule has 1 fully saturated rings. The summed E-state index contributed by atoms with van der Waals surface area (Å²) in [6, 6.07) is 4.52. The number of halogens is 2. The molecular weight excluding hydrogens is 327 g/mol. The molecule has 1 saturated heterocycles. The lowest BCUT2D eigenvalue weighted by Crippen LogP contribution is -2.40. The van der Waals surface area contributed by atoms with Gasteiger partial charge in [-0.05, 0) is 37.0 Å². The number of carbonyl (C=O) groups is 2. The first kappa shape index (κ1) is 17.1. The van der Waals surface area contributed by atoms with E-state index in [-0.39, 0.29) is 12.0 Å². The topological polar surface area (TPSA) is 67.4 Å². The first-order valence-corrected chi connectivity index (χ1v) is 7.86. The lowest BCUT2D eigenvalue weighted by molar-refractivity contribution is -0.122. The van der Waals surface area contributed by atoms with Gasteiger partial charge in [-0.15, -0.1) is 0 Å². The second-order valence-corrected chi connectivity index (χ2v) is 5.98. The highest BCUT2D eigenvalue weighted by atomic mass is 35.5. The number of hydrogen-bond acceptors (Lipinski definition) is 3. The van der Waals surface area contributed by atoms with Crippen LogP contribution in [0.3, 0.4) is 0 Å². The minimum Gasteiger partial charge on any atom is -0.378 e. The van der Waals surface area contributed by atoms with Crippen molar-refractivity contribution in [2.75, 3.05) is 13.7 Å². The zero-order valence-electron chi connectivity index (χ0n) is 12.2. The van der Waals surface area contributed by atoms with Gasteiger partial charge in [0, 0.05) is 13.7 Å². The van der Waals surface area contributed by atoms with Crippen LogP contribution in [-0.4, -0.2) is 31.7 Å². The van der Waals surface area contributed by atoms with E-state index in [1.165, 1.54) is 7.05 Å². The summed E-state index contributed by atoms with van der Waals surface area (Å²) in [6.45, 7) is 0.704. The standard InChI is InChI=1S/C15H18Cl2N2O3/c1-18-15(21)19-14(20)11(8-10-3-2-6-22-10)9-4-5-12(16)13(17)7-9/h4-5,7,10-11H,2-3,6,8H2,1H3,(H2,18,19,20,21). The Morgan fingerprint density at radius 2 is 2.14 bits per heavy atom. The normalized spacial score (nSPS) is 18.8. The minimum absolute atomic E-state index is 0.00916. The van der Waals surface area contributed by atoms with Gasteiger partial charge in [0.15, 0.2) is 0 Å². The number of hydrogen-bond donors (Lipinski definition) is 2. The average molecular weight is 345 g/mol. The van der Waals surface area contributed by atoms with E-state index in [1.807, 2.05) is 0 Å². The van der Waals surface area contributed by atoms with Gasteiger partial charge >= 0.3 is 6.03 Å². The largest absolute Gasteiger partial charge is 0.378 e. The molecule has 1 aromatic carbocycles. The number of benzene rings is 1. The monoisotopic (exact) mass is 344 g/mol. The molecule has 0 saturated carbocycles. The number of rotatable bonds is 4. The molecule has 120 valence electrons. The molecule has 2 unspecified atom stereocenters. The molecule has 0 aliphatic carbocycles. The quantitative estimate of drug-likeness (QED) is 0.881. The van der Waals surface area contributed by atoms with Gasteiger partial charge in [0.05, 0.1) is 22.1 Å². The predicted octanol–water partition coefficient (Wildman–Crippen LogP) is 3.10. The molecule has 1 aromatic rings. The molecule has 0 radical (unpaired) electrons. The van der Waals surface area contributed by atoms with Gasteiger partial charge in [0.2, 0.25) is 5.91 Å². The summed E-state index contributed by atoms with van der Waals surface area (Å²) < 4.78 is 5.60. The van der Waals surface area contributed by atoms with E-state index in [2.05, 4.69) is 10.6 Å². The van der Waals surface area contributed by atoms with E-state index >= 15 is 0 Å².